The fourth-order valence-corrected chi connectivity index (χ4v) is 2.61. The van der Waals surface area contributed by atoms with E-state index in [4.69, 9.17) is 4.74 Å². The highest BCUT2D eigenvalue weighted by molar-refractivity contribution is 6.03. The van der Waals surface area contributed by atoms with Gasteiger partial charge in [-0.1, -0.05) is 12.1 Å². The average Bonchev–Trinajstić information content (AvgIpc) is 2.70. The third-order valence-corrected chi connectivity index (χ3v) is 4.04. The molecule has 0 bridgehead atoms. The first kappa shape index (κ1) is 20.1. The van der Waals surface area contributed by atoms with Crippen LogP contribution in [0.2, 0.25) is 0 Å². The van der Waals surface area contributed by atoms with E-state index in [1.165, 1.54) is 12.4 Å². The molecule has 7 nitrogen and oxygen atoms in total. The summed E-state index contributed by atoms with van der Waals surface area (Å²) in [5.41, 5.74) is 2.81. The molecule has 0 aliphatic heterocycles. The van der Waals surface area contributed by atoms with Crippen LogP contribution in [0.3, 0.4) is 0 Å². The average molecular weight is 391 g/mol. The van der Waals surface area contributed by atoms with E-state index in [2.05, 4.69) is 20.6 Å². The van der Waals surface area contributed by atoms with Gasteiger partial charge in [0.15, 0.2) is 0 Å². The molecule has 150 valence electrons. The molecule has 0 saturated carbocycles. The monoisotopic (exact) mass is 391 g/mol. The van der Waals surface area contributed by atoms with E-state index in [9.17, 15) is 4.79 Å². The molecule has 0 radical (unpaired) electrons. The second-order valence-electron chi connectivity index (χ2n) is 6.97. The van der Waals surface area contributed by atoms with Crippen LogP contribution in [-0.4, -0.2) is 36.1 Å². The normalized spacial score (nSPS) is 10.5. The number of para-hydroxylation sites is 2. The summed E-state index contributed by atoms with van der Waals surface area (Å²) >= 11 is 0. The van der Waals surface area contributed by atoms with E-state index in [0.717, 1.165) is 11.4 Å². The van der Waals surface area contributed by atoms with Gasteiger partial charge in [-0.25, -0.2) is 9.97 Å². The third-order valence-electron chi connectivity index (χ3n) is 4.04. The Morgan fingerprint density at radius 3 is 2.34 bits per heavy atom. The van der Waals surface area contributed by atoms with Crippen LogP contribution in [0.4, 0.5) is 22.9 Å². The van der Waals surface area contributed by atoms with E-state index in [0.29, 0.717) is 17.3 Å². The molecule has 0 fully saturated rings. The Bertz CT molecular complexity index is 954. The van der Waals surface area contributed by atoms with Crippen LogP contribution in [0.15, 0.2) is 60.9 Å². The molecule has 1 amide bonds. The zero-order chi connectivity index (χ0) is 20.8. The third kappa shape index (κ3) is 5.44. The molecular formula is C22H25N5O2. The number of rotatable bonds is 7. The van der Waals surface area contributed by atoms with Gasteiger partial charge in [-0.05, 0) is 50.2 Å². The molecule has 0 atom stereocenters. The van der Waals surface area contributed by atoms with Crippen molar-refractivity contribution in [3.05, 3.63) is 66.6 Å². The predicted octanol–water partition coefficient (Wildman–Crippen LogP) is 4.33. The molecule has 0 saturated heterocycles. The highest BCUT2D eigenvalue weighted by Gasteiger charge is 2.12. The molecule has 2 aromatic carbocycles. The van der Waals surface area contributed by atoms with Crippen LogP contribution in [0.25, 0.3) is 0 Å². The number of benzene rings is 2. The number of amides is 1. The Labute approximate surface area is 170 Å². The van der Waals surface area contributed by atoms with Crippen molar-refractivity contribution >= 4 is 28.8 Å². The summed E-state index contributed by atoms with van der Waals surface area (Å²) in [6.45, 7) is 3.87. The van der Waals surface area contributed by atoms with Gasteiger partial charge in [0.05, 0.1) is 24.2 Å². The zero-order valence-corrected chi connectivity index (χ0v) is 17.0. The number of carbonyl (C=O) groups is 1. The first-order chi connectivity index (χ1) is 13.9. The zero-order valence-electron chi connectivity index (χ0n) is 17.0. The van der Waals surface area contributed by atoms with Crippen LogP contribution in [0.5, 0.6) is 5.75 Å². The maximum atomic E-state index is 12.5. The molecule has 1 aromatic heterocycles. The smallest absolute Gasteiger partial charge is 0.275 e. The quantitative estimate of drug-likeness (QED) is 0.624. The molecule has 0 unspecified atom stereocenters. The maximum Gasteiger partial charge on any atom is 0.275 e. The summed E-state index contributed by atoms with van der Waals surface area (Å²) in [6.07, 6.45) is 2.98. The summed E-state index contributed by atoms with van der Waals surface area (Å²) in [6, 6.07) is 15.2. The topological polar surface area (TPSA) is 79.4 Å². The largest absolute Gasteiger partial charge is 0.489 e. The number of anilines is 4. The number of carbonyl (C=O) groups excluding carboxylic acids is 1. The number of hydrogen-bond donors (Lipinski definition) is 2. The van der Waals surface area contributed by atoms with Gasteiger partial charge in [-0.15, -0.1) is 0 Å². The summed E-state index contributed by atoms with van der Waals surface area (Å²) in [5.74, 6) is 0.824. The van der Waals surface area contributed by atoms with Crippen molar-refractivity contribution in [3.8, 4) is 5.75 Å². The van der Waals surface area contributed by atoms with Gasteiger partial charge in [0.1, 0.15) is 17.3 Å². The van der Waals surface area contributed by atoms with E-state index in [1.54, 1.807) is 6.07 Å². The predicted molar refractivity (Wildman–Crippen MR) is 116 cm³/mol. The first-order valence-electron chi connectivity index (χ1n) is 9.36. The minimum atomic E-state index is -0.348. The minimum Gasteiger partial charge on any atom is -0.489 e. The molecule has 2 N–H and O–H groups in total. The molecular weight excluding hydrogens is 366 g/mol. The Hall–Kier alpha value is -3.61. The summed E-state index contributed by atoms with van der Waals surface area (Å²) < 4.78 is 5.73. The number of aromatic nitrogens is 2. The minimum absolute atomic E-state index is 0.00462. The molecule has 1 heterocycles. The van der Waals surface area contributed by atoms with Crippen LogP contribution in [-0.2, 0) is 0 Å². The lowest BCUT2D eigenvalue weighted by Gasteiger charge is -2.14. The van der Waals surface area contributed by atoms with E-state index in [-0.39, 0.29) is 17.7 Å². The van der Waals surface area contributed by atoms with Crippen LogP contribution in [0, 0.1) is 0 Å². The Morgan fingerprint density at radius 1 is 1.00 bits per heavy atom. The highest BCUT2D eigenvalue weighted by Crippen LogP contribution is 2.25. The van der Waals surface area contributed by atoms with Crippen molar-refractivity contribution in [2.24, 2.45) is 0 Å². The molecule has 0 aliphatic carbocycles. The molecule has 7 heteroatoms. The summed E-state index contributed by atoms with van der Waals surface area (Å²) in [7, 11) is 3.98. The second kappa shape index (κ2) is 9.05. The van der Waals surface area contributed by atoms with Gasteiger partial charge < -0.3 is 20.3 Å². The van der Waals surface area contributed by atoms with Crippen molar-refractivity contribution in [1.82, 2.24) is 9.97 Å². The summed E-state index contributed by atoms with van der Waals surface area (Å²) in [5, 5.41) is 6.00. The van der Waals surface area contributed by atoms with Gasteiger partial charge in [0, 0.05) is 25.5 Å². The van der Waals surface area contributed by atoms with Gasteiger partial charge in [0.2, 0.25) is 0 Å². The van der Waals surface area contributed by atoms with Gasteiger partial charge >= 0.3 is 0 Å². The molecule has 3 aromatic rings. The first-order valence-corrected chi connectivity index (χ1v) is 9.36. The standard InChI is InChI=1S/C22H25N5O2/c1-15(2)29-20-8-6-5-7-18(20)26-22(28)19-13-24-21(14-23-19)25-16-9-11-17(12-10-16)27(3)4/h5-15H,1-4H3,(H,24,25)(H,26,28). The highest BCUT2D eigenvalue weighted by atomic mass is 16.5. The molecule has 3 rings (SSSR count). The van der Waals surface area contributed by atoms with E-state index in [1.807, 2.05) is 75.3 Å². The maximum absolute atomic E-state index is 12.5. The van der Waals surface area contributed by atoms with Crippen molar-refractivity contribution < 1.29 is 9.53 Å². The fraction of sp³-hybridized carbons (Fsp3) is 0.227. The lowest BCUT2D eigenvalue weighted by molar-refractivity contribution is 0.102. The van der Waals surface area contributed by atoms with Crippen LogP contribution in [0.1, 0.15) is 24.3 Å². The Balaban J connectivity index is 1.66. The molecule has 29 heavy (non-hydrogen) atoms. The van der Waals surface area contributed by atoms with Crippen molar-refractivity contribution in [2.45, 2.75) is 20.0 Å². The summed E-state index contributed by atoms with van der Waals surface area (Å²) in [4.78, 5) is 23.1. The Morgan fingerprint density at radius 2 is 1.72 bits per heavy atom. The van der Waals surface area contributed by atoms with Gasteiger partial charge in [0.25, 0.3) is 5.91 Å². The second-order valence-corrected chi connectivity index (χ2v) is 6.97. The van der Waals surface area contributed by atoms with Crippen LogP contribution < -0.4 is 20.3 Å². The van der Waals surface area contributed by atoms with Crippen molar-refractivity contribution in [2.75, 3.05) is 29.6 Å². The fourth-order valence-electron chi connectivity index (χ4n) is 2.61. The SMILES string of the molecule is CC(C)Oc1ccccc1NC(=O)c1cnc(Nc2ccc(N(C)C)cc2)cn1. The van der Waals surface area contributed by atoms with E-state index >= 15 is 0 Å². The van der Waals surface area contributed by atoms with Gasteiger partial charge in [-0.2, -0.15) is 0 Å². The molecule has 0 spiro atoms. The Kier molecular flexibility index (Phi) is 6.29. The van der Waals surface area contributed by atoms with Crippen molar-refractivity contribution in [3.63, 3.8) is 0 Å². The van der Waals surface area contributed by atoms with Crippen molar-refractivity contribution in [1.29, 1.82) is 0 Å². The lowest BCUT2D eigenvalue weighted by atomic mass is 10.2. The number of nitrogens with one attached hydrogen (secondary N) is 2. The number of nitrogens with zero attached hydrogens (tertiary/aromatic N) is 3. The van der Waals surface area contributed by atoms with Gasteiger partial charge in [-0.3, -0.25) is 4.79 Å². The number of hydrogen-bond acceptors (Lipinski definition) is 6. The number of ether oxygens (including phenoxy) is 1. The molecule has 0 aliphatic rings. The lowest BCUT2D eigenvalue weighted by Crippen LogP contribution is -2.16. The van der Waals surface area contributed by atoms with Crippen LogP contribution >= 0.6 is 0 Å². The van der Waals surface area contributed by atoms with E-state index < -0.39 is 0 Å².